The highest BCUT2D eigenvalue weighted by Crippen LogP contribution is 2.26. The number of nitrogens with zero attached hydrogens (tertiary/aromatic N) is 2. The maximum atomic E-state index is 13.7. The number of hydrogen-bond acceptors (Lipinski definition) is 2. The Labute approximate surface area is 163 Å². The van der Waals surface area contributed by atoms with Crippen molar-refractivity contribution < 1.29 is 18.0 Å². The van der Waals surface area contributed by atoms with E-state index in [0.29, 0.717) is 12.1 Å². The molecular formula is C22H25F3N2O. The average molecular weight is 390 g/mol. The molecule has 0 saturated carbocycles. The third-order valence-corrected chi connectivity index (χ3v) is 5.28. The third kappa shape index (κ3) is 4.93. The van der Waals surface area contributed by atoms with E-state index in [1.165, 1.54) is 12.1 Å². The number of piperidine rings is 1. The minimum atomic E-state index is -0.945. The number of amides is 1. The Morgan fingerprint density at radius 3 is 2.46 bits per heavy atom. The van der Waals surface area contributed by atoms with Crippen LogP contribution in [0.25, 0.3) is 0 Å². The molecule has 0 radical (unpaired) electrons. The topological polar surface area (TPSA) is 23.6 Å². The largest absolute Gasteiger partial charge is 0.309 e. The summed E-state index contributed by atoms with van der Waals surface area (Å²) in [6.45, 7) is 4.20. The van der Waals surface area contributed by atoms with E-state index < -0.39 is 11.6 Å². The second kappa shape index (κ2) is 9.24. The van der Waals surface area contributed by atoms with E-state index in [1.807, 2.05) is 6.07 Å². The first-order valence-corrected chi connectivity index (χ1v) is 9.72. The Morgan fingerprint density at radius 2 is 1.82 bits per heavy atom. The highest BCUT2D eigenvalue weighted by Gasteiger charge is 2.28. The van der Waals surface area contributed by atoms with Crippen LogP contribution in [-0.4, -0.2) is 36.5 Å². The molecule has 0 N–H and O–H groups in total. The Kier molecular flexibility index (Phi) is 6.73. The number of rotatable bonds is 6. The quantitative estimate of drug-likeness (QED) is 0.722. The maximum Gasteiger partial charge on any atom is 0.226 e. The molecule has 0 atom stereocenters. The molecule has 0 unspecified atom stereocenters. The molecule has 3 rings (SSSR count). The minimum Gasteiger partial charge on any atom is -0.309 e. The fourth-order valence-corrected chi connectivity index (χ4v) is 3.74. The lowest BCUT2D eigenvalue weighted by Crippen LogP contribution is -2.48. The lowest BCUT2D eigenvalue weighted by Gasteiger charge is -2.38. The monoisotopic (exact) mass is 390 g/mol. The molecule has 1 heterocycles. The van der Waals surface area contributed by atoms with Gasteiger partial charge in [0.2, 0.25) is 5.91 Å². The molecule has 2 aromatic rings. The molecule has 0 aliphatic carbocycles. The lowest BCUT2D eigenvalue weighted by molar-refractivity contribution is -0.119. The number of benzene rings is 2. The lowest BCUT2D eigenvalue weighted by atomic mass is 10.0. The van der Waals surface area contributed by atoms with Crippen LogP contribution in [0.3, 0.4) is 0 Å². The number of anilines is 1. The van der Waals surface area contributed by atoms with E-state index in [0.717, 1.165) is 56.6 Å². The summed E-state index contributed by atoms with van der Waals surface area (Å²) in [5.74, 6) is -2.18. The van der Waals surface area contributed by atoms with Crippen molar-refractivity contribution in [2.75, 3.05) is 24.5 Å². The number of carbonyl (C=O) groups excluding carboxylic acids is 1. The highest BCUT2D eigenvalue weighted by molar-refractivity contribution is 5.93. The predicted octanol–water partition coefficient (Wildman–Crippen LogP) is 4.55. The zero-order valence-electron chi connectivity index (χ0n) is 16.0. The summed E-state index contributed by atoms with van der Waals surface area (Å²) in [6, 6.07) is 10.2. The first-order chi connectivity index (χ1) is 13.5. The summed E-state index contributed by atoms with van der Waals surface area (Å²) in [5, 5.41) is 0. The van der Waals surface area contributed by atoms with Gasteiger partial charge in [0.05, 0.1) is 0 Å². The molecule has 28 heavy (non-hydrogen) atoms. The van der Waals surface area contributed by atoms with Crippen LogP contribution in [0.4, 0.5) is 18.9 Å². The first-order valence-electron chi connectivity index (χ1n) is 9.72. The van der Waals surface area contributed by atoms with E-state index in [1.54, 1.807) is 24.0 Å². The van der Waals surface area contributed by atoms with Gasteiger partial charge in [-0.15, -0.1) is 0 Å². The van der Waals surface area contributed by atoms with Crippen LogP contribution in [0.1, 0.15) is 31.7 Å². The zero-order chi connectivity index (χ0) is 20.1. The molecule has 3 nitrogen and oxygen atoms in total. The summed E-state index contributed by atoms with van der Waals surface area (Å²) in [7, 11) is 0. The van der Waals surface area contributed by atoms with Gasteiger partial charge in [-0.2, -0.15) is 0 Å². The van der Waals surface area contributed by atoms with Gasteiger partial charge in [-0.25, -0.2) is 13.2 Å². The number of halogens is 3. The van der Waals surface area contributed by atoms with Crippen molar-refractivity contribution in [3.8, 4) is 0 Å². The summed E-state index contributed by atoms with van der Waals surface area (Å²) in [6.07, 6.45) is 2.59. The standard InChI is InChI=1S/C22H25F3N2O/c1-2-22(28)27(19-6-7-20(24)21(25)15-19)18-9-12-26(13-10-18)11-8-16-4-3-5-17(23)14-16/h3-7,14-15,18H,2,8-13H2,1H3. The predicted molar refractivity (Wildman–Crippen MR) is 104 cm³/mol. The molecule has 0 spiro atoms. The van der Waals surface area contributed by atoms with Crippen molar-refractivity contribution >= 4 is 11.6 Å². The number of carbonyl (C=O) groups is 1. The molecule has 2 aromatic carbocycles. The second-order valence-corrected chi connectivity index (χ2v) is 7.17. The van der Waals surface area contributed by atoms with Crippen LogP contribution >= 0.6 is 0 Å². The first kappa shape index (κ1) is 20.4. The molecule has 0 aromatic heterocycles. The van der Waals surface area contributed by atoms with Gasteiger partial charge < -0.3 is 9.80 Å². The summed E-state index contributed by atoms with van der Waals surface area (Å²) < 4.78 is 40.3. The van der Waals surface area contributed by atoms with E-state index in [2.05, 4.69) is 4.90 Å². The van der Waals surface area contributed by atoms with E-state index in [9.17, 15) is 18.0 Å². The second-order valence-electron chi connectivity index (χ2n) is 7.17. The van der Waals surface area contributed by atoms with Gasteiger partial charge in [-0.1, -0.05) is 19.1 Å². The van der Waals surface area contributed by atoms with Crippen LogP contribution in [0.2, 0.25) is 0 Å². The maximum absolute atomic E-state index is 13.7. The molecule has 150 valence electrons. The molecule has 1 saturated heterocycles. The smallest absolute Gasteiger partial charge is 0.226 e. The fraction of sp³-hybridized carbons (Fsp3) is 0.409. The summed E-state index contributed by atoms with van der Waals surface area (Å²) >= 11 is 0. The Bertz CT molecular complexity index is 819. The summed E-state index contributed by atoms with van der Waals surface area (Å²) in [4.78, 5) is 16.4. The van der Waals surface area contributed by atoms with Crippen LogP contribution in [-0.2, 0) is 11.2 Å². The van der Waals surface area contributed by atoms with Crippen LogP contribution in [0.5, 0.6) is 0 Å². The average Bonchev–Trinajstić information content (AvgIpc) is 2.70. The van der Waals surface area contributed by atoms with Crippen LogP contribution < -0.4 is 4.90 Å². The van der Waals surface area contributed by atoms with Gasteiger partial charge in [-0.05, 0) is 49.1 Å². The van der Waals surface area contributed by atoms with Crippen LogP contribution in [0.15, 0.2) is 42.5 Å². The van der Waals surface area contributed by atoms with Gasteiger partial charge >= 0.3 is 0 Å². The van der Waals surface area contributed by atoms with Gasteiger partial charge in [0, 0.05) is 43.9 Å². The van der Waals surface area contributed by atoms with Gasteiger partial charge in [0.25, 0.3) is 0 Å². The Balaban J connectivity index is 1.62. The normalized spacial score (nSPS) is 15.6. The van der Waals surface area contributed by atoms with Crippen molar-refractivity contribution in [3.05, 3.63) is 65.5 Å². The van der Waals surface area contributed by atoms with Crippen molar-refractivity contribution in [1.29, 1.82) is 0 Å². The van der Waals surface area contributed by atoms with Gasteiger partial charge in [0.15, 0.2) is 11.6 Å². The van der Waals surface area contributed by atoms with Gasteiger partial charge in [0.1, 0.15) is 5.82 Å². The minimum absolute atomic E-state index is 0.0391. The molecule has 0 bridgehead atoms. The molecule has 6 heteroatoms. The zero-order valence-corrected chi connectivity index (χ0v) is 16.0. The Hall–Kier alpha value is -2.34. The summed E-state index contributed by atoms with van der Waals surface area (Å²) in [5.41, 5.74) is 1.37. The van der Waals surface area contributed by atoms with Crippen molar-refractivity contribution in [3.63, 3.8) is 0 Å². The Morgan fingerprint density at radius 1 is 1.07 bits per heavy atom. The van der Waals surface area contributed by atoms with Gasteiger partial charge in [-0.3, -0.25) is 4.79 Å². The van der Waals surface area contributed by atoms with E-state index in [4.69, 9.17) is 0 Å². The molecule has 1 amide bonds. The van der Waals surface area contributed by atoms with E-state index >= 15 is 0 Å². The van der Waals surface area contributed by atoms with E-state index in [-0.39, 0.29) is 17.8 Å². The number of likely N-dealkylation sites (tertiary alicyclic amines) is 1. The SMILES string of the molecule is CCC(=O)N(c1ccc(F)c(F)c1)C1CCN(CCc2cccc(F)c2)CC1. The van der Waals surface area contributed by atoms with Crippen molar-refractivity contribution in [2.24, 2.45) is 0 Å². The molecular weight excluding hydrogens is 365 g/mol. The molecule has 1 fully saturated rings. The van der Waals surface area contributed by atoms with Crippen molar-refractivity contribution in [2.45, 2.75) is 38.6 Å². The fourth-order valence-electron chi connectivity index (χ4n) is 3.74. The van der Waals surface area contributed by atoms with Crippen LogP contribution in [0, 0.1) is 17.5 Å². The van der Waals surface area contributed by atoms with Crippen molar-refractivity contribution in [1.82, 2.24) is 4.90 Å². The molecule has 1 aliphatic heterocycles. The highest BCUT2D eigenvalue weighted by atomic mass is 19.2. The number of hydrogen-bond donors (Lipinski definition) is 0. The third-order valence-electron chi connectivity index (χ3n) is 5.28. The molecule has 1 aliphatic rings.